The number of alkyl halides is 8. The Morgan fingerprint density at radius 2 is 1.37 bits per heavy atom. The number of rotatable bonds is 1. The molecule has 1 nitrogen and oxygen atoms in total. The van der Waals surface area contributed by atoms with Crippen LogP contribution in [-0.2, 0) is 0 Å². The highest BCUT2D eigenvalue weighted by atomic mass is 35.5. The topological polar surface area (TPSA) is 20.2 Å². The molecule has 1 N–H and O–H groups in total. The Bertz CT molecular complexity index is 457. The van der Waals surface area contributed by atoms with E-state index in [4.69, 9.17) is 23.2 Å². The van der Waals surface area contributed by atoms with Gasteiger partial charge in [0.15, 0.2) is 0 Å². The SMILES string of the molecule is OC1(C2(Cl)C=CC=CC2Cl)C(F)(F)C(F)(F)C1(F)F. The summed E-state index contributed by atoms with van der Waals surface area (Å²) in [7, 11) is 0. The molecule has 1 fully saturated rings. The fraction of sp³-hybridized carbons (Fsp3) is 0.600. The van der Waals surface area contributed by atoms with Crippen molar-refractivity contribution in [3.8, 4) is 0 Å². The van der Waals surface area contributed by atoms with Crippen LogP contribution >= 0.6 is 23.2 Å². The highest BCUT2D eigenvalue weighted by Crippen LogP contribution is 2.72. The molecule has 108 valence electrons. The molecule has 0 bridgehead atoms. The molecule has 0 radical (unpaired) electrons. The molecule has 2 aliphatic rings. The summed E-state index contributed by atoms with van der Waals surface area (Å²) in [6, 6.07) is 0. The van der Waals surface area contributed by atoms with E-state index in [1.165, 1.54) is 6.08 Å². The largest absolute Gasteiger partial charge is 0.378 e. The van der Waals surface area contributed by atoms with Crippen molar-refractivity contribution in [3.63, 3.8) is 0 Å². The van der Waals surface area contributed by atoms with Crippen LogP contribution in [0.2, 0.25) is 0 Å². The van der Waals surface area contributed by atoms with Gasteiger partial charge in [0.1, 0.15) is 4.87 Å². The molecule has 0 aromatic rings. The molecule has 0 aromatic heterocycles. The highest BCUT2D eigenvalue weighted by molar-refractivity contribution is 6.35. The lowest BCUT2D eigenvalue weighted by Gasteiger charge is -2.61. The maximum absolute atomic E-state index is 13.4. The Kier molecular flexibility index (Phi) is 2.86. The van der Waals surface area contributed by atoms with E-state index >= 15 is 0 Å². The van der Waals surface area contributed by atoms with Gasteiger partial charge in [0, 0.05) is 0 Å². The number of allylic oxidation sites excluding steroid dienone is 3. The first kappa shape index (κ1) is 15.0. The minimum absolute atomic E-state index is 0.559. The summed E-state index contributed by atoms with van der Waals surface area (Å²) in [5, 5.41) is 7.86. The summed E-state index contributed by atoms with van der Waals surface area (Å²) < 4.78 is 79.2. The zero-order chi connectivity index (χ0) is 14.9. The molecular formula is C10H6Cl2F6O. The van der Waals surface area contributed by atoms with Crippen LogP contribution in [-0.4, -0.2) is 38.7 Å². The molecule has 0 saturated heterocycles. The zero-order valence-electron chi connectivity index (χ0n) is 8.86. The average Bonchev–Trinajstić information content (AvgIpc) is 2.30. The second-order valence-electron chi connectivity index (χ2n) is 4.35. The maximum atomic E-state index is 13.4. The van der Waals surface area contributed by atoms with Gasteiger partial charge in [0.05, 0.1) is 5.38 Å². The molecule has 0 heterocycles. The number of hydrogen-bond donors (Lipinski definition) is 1. The van der Waals surface area contributed by atoms with Crippen molar-refractivity contribution >= 4 is 23.2 Å². The third-order valence-electron chi connectivity index (χ3n) is 3.38. The zero-order valence-corrected chi connectivity index (χ0v) is 10.4. The predicted octanol–water partition coefficient (Wildman–Crippen LogP) is 3.35. The molecular weight excluding hydrogens is 321 g/mol. The van der Waals surface area contributed by atoms with Crippen molar-refractivity contribution in [2.24, 2.45) is 0 Å². The first-order chi connectivity index (χ1) is 8.38. The molecule has 0 aliphatic heterocycles. The summed E-state index contributed by atoms with van der Waals surface area (Å²) in [4.78, 5) is -2.96. The summed E-state index contributed by atoms with van der Waals surface area (Å²) in [5.74, 6) is -16.6. The van der Waals surface area contributed by atoms with Gasteiger partial charge in [-0.25, -0.2) is 0 Å². The Hall–Kier alpha value is -0.400. The number of halogens is 8. The Balaban J connectivity index is 2.61. The van der Waals surface area contributed by atoms with Crippen LogP contribution in [0.25, 0.3) is 0 Å². The van der Waals surface area contributed by atoms with Gasteiger partial charge in [0.25, 0.3) is 0 Å². The number of hydrogen-bond acceptors (Lipinski definition) is 1. The summed E-state index contributed by atoms with van der Waals surface area (Å²) in [5.41, 5.74) is -4.49. The fourth-order valence-corrected chi connectivity index (χ4v) is 2.87. The maximum Gasteiger partial charge on any atom is 0.378 e. The van der Waals surface area contributed by atoms with Gasteiger partial charge in [-0.1, -0.05) is 24.3 Å². The quantitative estimate of drug-likeness (QED) is 0.578. The monoisotopic (exact) mass is 326 g/mol. The first-order valence-corrected chi connectivity index (χ1v) is 5.74. The van der Waals surface area contributed by atoms with E-state index in [-0.39, 0.29) is 0 Å². The molecule has 0 amide bonds. The van der Waals surface area contributed by atoms with Crippen LogP contribution in [0.5, 0.6) is 0 Å². The van der Waals surface area contributed by atoms with Gasteiger partial charge in [-0.2, -0.15) is 26.3 Å². The van der Waals surface area contributed by atoms with Crippen molar-refractivity contribution in [1.82, 2.24) is 0 Å². The van der Waals surface area contributed by atoms with Gasteiger partial charge in [-0.15, -0.1) is 23.2 Å². The molecule has 1 saturated carbocycles. The normalized spacial score (nSPS) is 40.8. The Morgan fingerprint density at radius 3 is 1.79 bits per heavy atom. The summed E-state index contributed by atoms with van der Waals surface area (Å²) >= 11 is 11.1. The van der Waals surface area contributed by atoms with Crippen LogP contribution in [0, 0.1) is 0 Å². The Labute approximate surface area is 113 Å². The Morgan fingerprint density at radius 1 is 0.895 bits per heavy atom. The third-order valence-corrected chi connectivity index (χ3v) is 4.62. The van der Waals surface area contributed by atoms with E-state index in [1.54, 1.807) is 0 Å². The van der Waals surface area contributed by atoms with Crippen LogP contribution in [0.15, 0.2) is 24.3 Å². The van der Waals surface area contributed by atoms with E-state index in [0.29, 0.717) is 6.08 Å². The van der Waals surface area contributed by atoms with E-state index < -0.39 is 33.6 Å². The number of aliphatic hydroxyl groups is 1. The van der Waals surface area contributed by atoms with E-state index in [0.717, 1.165) is 12.2 Å². The molecule has 2 rings (SSSR count). The standard InChI is InChI=1S/C10H6Cl2F6O/c11-5-3-1-2-4-6(5,12)7(19)8(13,14)10(17,18)9(7,15)16/h1-5,19H. The molecule has 2 atom stereocenters. The van der Waals surface area contributed by atoms with Crippen LogP contribution in [0.4, 0.5) is 26.3 Å². The minimum Gasteiger partial charge on any atom is -0.376 e. The first-order valence-electron chi connectivity index (χ1n) is 4.93. The lowest BCUT2D eigenvalue weighted by Crippen LogP contribution is -2.92. The molecule has 2 unspecified atom stereocenters. The predicted molar refractivity (Wildman–Crippen MR) is 56.3 cm³/mol. The molecule has 9 heteroatoms. The second kappa shape index (κ2) is 3.62. The van der Waals surface area contributed by atoms with Crippen LogP contribution in [0.1, 0.15) is 0 Å². The van der Waals surface area contributed by atoms with Crippen molar-refractivity contribution < 1.29 is 31.4 Å². The molecule has 2 aliphatic carbocycles. The second-order valence-corrected chi connectivity index (χ2v) is 5.44. The van der Waals surface area contributed by atoms with E-state index in [2.05, 4.69) is 0 Å². The molecule has 19 heavy (non-hydrogen) atoms. The highest BCUT2D eigenvalue weighted by Gasteiger charge is 3.02. The van der Waals surface area contributed by atoms with Crippen molar-refractivity contribution in [2.75, 3.05) is 0 Å². The molecule has 0 spiro atoms. The fourth-order valence-electron chi connectivity index (χ4n) is 2.18. The van der Waals surface area contributed by atoms with Crippen molar-refractivity contribution in [3.05, 3.63) is 24.3 Å². The van der Waals surface area contributed by atoms with Crippen LogP contribution in [0.3, 0.4) is 0 Å². The van der Waals surface area contributed by atoms with Gasteiger partial charge >= 0.3 is 17.8 Å². The lowest BCUT2D eigenvalue weighted by molar-refractivity contribution is -0.494. The van der Waals surface area contributed by atoms with Crippen molar-refractivity contribution in [1.29, 1.82) is 0 Å². The third kappa shape index (κ3) is 1.25. The summed E-state index contributed by atoms with van der Waals surface area (Å²) in [6.07, 6.45) is 3.67. The smallest absolute Gasteiger partial charge is 0.376 e. The van der Waals surface area contributed by atoms with Crippen molar-refractivity contribution in [2.45, 2.75) is 33.6 Å². The lowest BCUT2D eigenvalue weighted by atomic mass is 9.59. The van der Waals surface area contributed by atoms with Gasteiger partial charge in [-0.05, 0) is 0 Å². The van der Waals surface area contributed by atoms with E-state index in [9.17, 15) is 31.4 Å². The average molecular weight is 327 g/mol. The van der Waals surface area contributed by atoms with Crippen LogP contribution < -0.4 is 0 Å². The minimum atomic E-state index is -5.71. The summed E-state index contributed by atoms with van der Waals surface area (Å²) in [6.45, 7) is 0. The van der Waals surface area contributed by atoms with E-state index in [1.807, 2.05) is 0 Å². The van der Waals surface area contributed by atoms with Gasteiger partial charge in [0.2, 0.25) is 5.60 Å². The molecule has 0 aromatic carbocycles. The van der Waals surface area contributed by atoms with Gasteiger partial charge in [-0.3, -0.25) is 0 Å². The van der Waals surface area contributed by atoms with Gasteiger partial charge < -0.3 is 5.11 Å².